The van der Waals surface area contributed by atoms with E-state index in [9.17, 15) is 0 Å². The van der Waals surface area contributed by atoms with Gasteiger partial charge >= 0.3 is 0 Å². The van der Waals surface area contributed by atoms with Crippen LogP contribution < -0.4 is 0 Å². The maximum Gasteiger partial charge on any atom is 0.208 e. The molecule has 1 aliphatic rings. The zero-order valence-corrected chi connectivity index (χ0v) is 8.97. The van der Waals surface area contributed by atoms with Crippen molar-refractivity contribution in [3.8, 4) is 6.19 Å². The topological polar surface area (TPSA) is 39.4 Å². The molecule has 1 saturated heterocycles. The number of nitriles is 1. The molecule has 0 aliphatic carbocycles. The molecule has 1 atom stereocenters. The first-order chi connectivity index (χ1) is 6.31. The Balaban J connectivity index is 2.54. The van der Waals surface area contributed by atoms with Crippen molar-refractivity contribution >= 4 is 16.9 Å². The smallest absolute Gasteiger partial charge is 0.208 e. The van der Waals surface area contributed by atoms with Gasteiger partial charge in [-0.25, -0.2) is 0 Å². The van der Waals surface area contributed by atoms with Gasteiger partial charge in [-0.3, -0.25) is 0 Å². The molecule has 0 aromatic heterocycles. The van der Waals surface area contributed by atoms with Gasteiger partial charge < -0.3 is 4.90 Å². The van der Waals surface area contributed by atoms with Crippen molar-refractivity contribution in [3.05, 3.63) is 0 Å². The van der Waals surface area contributed by atoms with E-state index in [0.29, 0.717) is 0 Å². The molecule has 13 heavy (non-hydrogen) atoms. The molecule has 0 aromatic carbocycles. The Morgan fingerprint density at radius 2 is 2.54 bits per heavy atom. The largest absolute Gasteiger partial charge is 0.350 e. The first-order valence-corrected chi connectivity index (χ1v) is 5.80. The number of aliphatic imine (C=N–C) groups is 1. The van der Waals surface area contributed by atoms with Crippen molar-refractivity contribution in [2.24, 2.45) is 10.9 Å². The van der Waals surface area contributed by atoms with Crippen molar-refractivity contribution in [1.29, 1.82) is 5.26 Å². The van der Waals surface area contributed by atoms with E-state index in [1.807, 2.05) is 12.4 Å². The Hall–Kier alpha value is -0.690. The molecular weight excluding hydrogens is 182 g/mol. The van der Waals surface area contributed by atoms with Crippen LogP contribution in [-0.2, 0) is 0 Å². The molecule has 3 nitrogen and oxygen atoms in total. The fourth-order valence-corrected chi connectivity index (χ4v) is 2.18. The molecule has 0 N–H and O–H groups in total. The molecule has 0 radical (unpaired) electrons. The van der Waals surface area contributed by atoms with Crippen molar-refractivity contribution in [2.75, 3.05) is 19.3 Å². The number of rotatable bonds is 1. The average molecular weight is 197 g/mol. The Morgan fingerprint density at radius 3 is 3.00 bits per heavy atom. The molecule has 0 aromatic rings. The van der Waals surface area contributed by atoms with Gasteiger partial charge in [-0.15, -0.1) is 4.99 Å². The van der Waals surface area contributed by atoms with E-state index in [1.54, 1.807) is 11.8 Å². The second-order valence-electron chi connectivity index (χ2n) is 3.21. The van der Waals surface area contributed by atoms with E-state index >= 15 is 0 Å². The fraction of sp³-hybridized carbons (Fsp3) is 0.778. The lowest BCUT2D eigenvalue weighted by Crippen LogP contribution is -2.25. The van der Waals surface area contributed by atoms with E-state index in [-0.39, 0.29) is 0 Å². The van der Waals surface area contributed by atoms with Crippen LogP contribution in [0.1, 0.15) is 19.8 Å². The summed E-state index contributed by atoms with van der Waals surface area (Å²) in [5.41, 5.74) is 0. The van der Waals surface area contributed by atoms with Crippen LogP contribution in [0.4, 0.5) is 0 Å². The van der Waals surface area contributed by atoms with Crippen LogP contribution in [0.2, 0.25) is 0 Å². The van der Waals surface area contributed by atoms with Gasteiger partial charge in [0.05, 0.1) is 0 Å². The minimum Gasteiger partial charge on any atom is -0.350 e. The van der Waals surface area contributed by atoms with Crippen molar-refractivity contribution in [3.63, 3.8) is 0 Å². The molecule has 0 saturated carbocycles. The lowest BCUT2D eigenvalue weighted by atomic mass is 10.1. The third-order valence-electron chi connectivity index (χ3n) is 2.46. The van der Waals surface area contributed by atoms with Crippen molar-refractivity contribution in [1.82, 2.24) is 4.90 Å². The summed E-state index contributed by atoms with van der Waals surface area (Å²) in [4.78, 5) is 6.01. The number of hydrogen-bond acceptors (Lipinski definition) is 3. The SMILES string of the molecule is CCC1CCN(C(=NC#N)SC)C1. The highest BCUT2D eigenvalue weighted by Gasteiger charge is 2.23. The van der Waals surface area contributed by atoms with Crippen LogP contribution in [0.3, 0.4) is 0 Å². The normalized spacial score (nSPS) is 23.3. The highest BCUT2D eigenvalue weighted by Crippen LogP contribution is 2.21. The molecule has 72 valence electrons. The predicted octanol–water partition coefficient (Wildman–Crippen LogP) is 1.92. The van der Waals surface area contributed by atoms with Crippen LogP contribution >= 0.6 is 11.8 Å². The van der Waals surface area contributed by atoms with Crippen LogP contribution in [0.15, 0.2) is 4.99 Å². The first-order valence-electron chi connectivity index (χ1n) is 4.57. The zero-order chi connectivity index (χ0) is 9.68. The summed E-state index contributed by atoms with van der Waals surface area (Å²) in [5.74, 6) is 0.788. The lowest BCUT2D eigenvalue weighted by Gasteiger charge is -2.17. The first kappa shape index (κ1) is 10.4. The summed E-state index contributed by atoms with van der Waals surface area (Å²) in [6.45, 7) is 4.34. The molecule has 1 fully saturated rings. The van der Waals surface area contributed by atoms with Gasteiger partial charge in [0, 0.05) is 13.1 Å². The maximum atomic E-state index is 8.47. The van der Waals surface area contributed by atoms with Gasteiger partial charge in [-0.1, -0.05) is 25.1 Å². The molecule has 1 rings (SSSR count). The molecule has 0 bridgehead atoms. The Labute approximate surface area is 83.8 Å². The minimum atomic E-state index is 0.788. The Kier molecular flexibility index (Phi) is 4.10. The standard InChI is InChI=1S/C9H15N3S/c1-3-8-4-5-12(6-8)9(13-2)11-7-10/h8H,3-6H2,1-2H3. The number of likely N-dealkylation sites (tertiary alicyclic amines) is 1. The van der Waals surface area contributed by atoms with E-state index in [4.69, 9.17) is 5.26 Å². The summed E-state index contributed by atoms with van der Waals surface area (Å²) in [5, 5.41) is 9.35. The quantitative estimate of drug-likeness (QED) is 0.366. The number of thioether (sulfide) groups is 1. The van der Waals surface area contributed by atoms with Gasteiger partial charge in [0.2, 0.25) is 6.19 Å². The number of hydrogen-bond donors (Lipinski definition) is 0. The number of nitrogens with zero attached hydrogens (tertiary/aromatic N) is 3. The monoisotopic (exact) mass is 197 g/mol. The van der Waals surface area contributed by atoms with E-state index < -0.39 is 0 Å². The van der Waals surface area contributed by atoms with Crippen molar-refractivity contribution in [2.45, 2.75) is 19.8 Å². The summed E-state index contributed by atoms with van der Waals surface area (Å²) < 4.78 is 0. The van der Waals surface area contributed by atoms with E-state index in [0.717, 1.165) is 24.2 Å². The average Bonchev–Trinajstić information content (AvgIpc) is 2.62. The van der Waals surface area contributed by atoms with Crippen LogP contribution in [0.25, 0.3) is 0 Å². The van der Waals surface area contributed by atoms with Crippen LogP contribution in [-0.4, -0.2) is 29.4 Å². The third kappa shape index (κ3) is 2.63. The second kappa shape index (κ2) is 5.13. The van der Waals surface area contributed by atoms with Gasteiger partial charge in [0.1, 0.15) is 0 Å². The maximum absolute atomic E-state index is 8.47. The van der Waals surface area contributed by atoms with Gasteiger partial charge in [-0.05, 0) is 18.6 Å². The number of amidine groups is 1. The van der Waals surface area contributed by atoms with E-state index in [2.05, 4.69) is 16.8 Å². The summed E-state index contributed by atoms with van der Waals surface area (Å²) in [6, 6.07) is 0. The molecule has 1 heterocycles. The zero-order valence-electron chi connectivity index (χ0n) is 8.16. The molecule has 0 amide bonds. The van der Waals surface area contributed by atoms with Gasteiger partial charge in [-0.2, -0.15) is 5.26 Å². The highest BCUT2D eigenvalue weighted by atomic mass is 32.2. The third-order valence-corrected chi connectivity index (χ3v) is 3.18. The minimum absolute atomic E-state index is 0.788. The second-order valence-corrected chi connectivity index (χ2v) is 3.98. The van der Waals surface area contributed by atoms with Gasteiger partial charge in [0.15, 0.2) is 5.17 Å². The molecule has 1 aliphatic heterocycles. The van der Waals surface area contributed by atoms with Gasteiger partial charge in [0.25, 0.3) is 0 Å². The summed E-state index contributed by atoms with van der Waals surface area (Å²) in [7, 11) is 0. The molecule has 0 spiro atoms. The Bertz CT molecular complexity index is 232. The summed E-state index contributed by atoms with van der Waals surface area (Å²) in [6.07, 6.45) is 6.29. The van der Waals surface area contributed by atoms with Crippen LogP contribution in [0, 0.1) is 17.4 Å². The molecular formula is C9H15N3S. The van der Waals surface area contributed by atoms with Crippen molar-refractivity contribution < 1.29 is 0 Å². The van der Waals surface area contributed by atoms with E-state index in [1.165, 1.54) is 12.8 Å². The lowest BCUT2D eigenvalue weighted by molar-refractivity contribution is 0.479. The highest BCUT2D eigenvalue weighted by molar-refractivity contribution is 8.13. The Morgan fingerprint density at radius 1 is 1.77 bits per heavy atom. The predicted molar refractivity (Wildman–Crippen MR) is 56.5 cm³/mol. The summed E-state index contributed by atoms with van der Waals surface area (Å²) >= 11 is 1.56. The molecule has 1 unspecified atom stereocenters. The fourth-order valence-electron chi connectivity index (χ4n) is 1.63. The molecule has 4 heteroatoms. The van der Waals surface area contributed by atoms with Crippen LogP contribution in [0.5, 0.6) is 0 Å².